The van der Waals surface area contributed by atoms with E-state index in [0.29, 0.717) is 11.0 Å². The van der Waals surface area contributed by atoms with E-state index in [1.807, 2.05) is 6.07 Å². The van der Waals surface area contributed by atoms with Crippen molar-refractivity contribution in [1.29, 1.82) is 0 Å². The highest BCUT2D eigenvalue weighted by atomic mass is 16.5. The Kier molecular flexibility index (Phi) is 6.92. The molecule has 6 rings (SSSR count). The van der Waals surface area contributed by atoms with E-state index >= 15 is 0 Å². The number of benzene rings is 1. The molecule has 4 aliphatic rings. The lowest BCUT2D eigenvalue weighted by atomic mass is 9.92. The van der Waals surface area contributed by atoms with Gasteiger partial charge in [-0.15, -0.1) is 0 Å². The van der Waals surface area contributed by atoms with Crippen LogP contribution >= 0.6 is 0 Å². The molecule has 2 atom stereocenters. The summed E-state index contributed by atoms with van der Waals surface area (Å²) >= 11 is 0. The Morgan fingerprint density at radius 2 is 1.81 bits per heavy atom. The maximum atomic E-state index is 13.0. The second kappa shape index (κ2) is 10.3. The third-order valence-electron chi connectivity index (χ3n) is 9.04. The van der Waals surface area contributed by atoms with E-state index in [1.165, 1.54) is 18.5 Å². The molecular weight excluding hydrogens is 466 g/mol. The largest absolute Gasteiger partial charge is 0.393 e. The molecule has 37 heavy (non-hydrogen) atoms. The van der Waals surface area contributed by atoms with Gasteiger partial charge in [0.15, 0.2) is 0 Å². The van der Waals surface area contributed by atoms with E-state index in [0.717, 1.165) is 88.7 Å². The second-order valence-corrected chi connectivity index (χ2v) is 11.5. The number of nitrogens with one attached hydrogen (secondary N) is 1. The third kappa shape index (κ3) is 5.25. The van der Waals surface area contributed by atoms with Gasteiger partial charge in [0.1, 0.15) is 5.82 Å². The average molecular weight is 506 g/mol. The van der Waals surface area contributed by atoms with Gasteiger partial charge in [0.25, 0.3) is 5.91 Å². The van der Waals surface area contributed by atoms with Crippen molar-refractivity contribution in [1.82, 2.24) is 20.1 Å². The number of pyridine rings is 1. The zero-order valence-electron chi connectivity index (χ0n) is 21.6. The minimum absolute atomic E-state index is 0.0730. The van der Waals surface area contributed by atoms with E-state index in [1.54, 1.807) is 6.20 Å². The fourth-order valence-electron chi connectivity index (χ4n) is 6.60. The number of hydrogen-bond acceptors (Lipinski definition) is 7. The third-order valence-corrected chi connectivity index (χ3v) is 9.04. The van der Waals surface area contributed by atoms with Crippen molar-refractivity contribution in [3.8, 4) is 11.1 Å². The molecule has 8 heteroatoms. The summed E-state index contributed by atoms with van der Waals surface area (Å²) in [6.07, 6.45) is 5.80. The van der Waals surface area contributed by atoms with Gasteiger partial charge in [0.05, 0.1) is 24.9 Å². The number of fused-ring (bicyclic) bond motifs is 1. The summed E-state index contributed by atoms with van der Waals surface area (Å²) in [7, 11) is 0. The molecule has 0 bridgehead atoms. The lowest BCUT2D eigenvalue weighted by molar-refractivity contribution is 0.0338. The summed E-state index contributed by atoms with van der Waals surface area (Å²) in [5, 5.41) is 12.8. The zero-order valence-corrected chi connectivity index (χ0v) is 21.6. The first-order valence-electron chi connectivity index (χ1n) is 13.9. The molecule has 0 radical (unpaired) electrons. The number of aliphatic hydroxyl groups is 1. The van der Waals surface area contributed by atoms with E-state index in [2.05, 4.69) is 44.4 Å². The van der Waals surface area contributed by atoms with Gasteiger partial charge in [-0.1, -0.05) is 24.3 Å². The Balaban J connectivity index is 1.09. The zero-order chi connectivity index (χ0) is 25.4. The quantitative estimate of drug-likeness (QED) is 0.530. The number of aromatic nitrogens is 1. The predicted molar refractivity (Wildman–Crippen MR) is 143 cm³/mol. The number of morpholine rings is 1. The lowest BCUT2D eigenvalue weighted by Crippen LogP contribution is -2.41. The van der Waals surface area contributed by atoms with Gasteiger partial charge < -0.3 is 25.8 Å². The molecule has 3 heterocycles. The van der Waals surface area contributed by atoms with Crippen LogP contribution in [-0.4, -0.2) is 90.4 Å². The van der Waals surface area contributed by atoms with Gasteiger partial charge in [-0.2, -0.15) is 0 Å². The summed E-state index contributed by atoms with van der Waals surface area (Å²) < 4.78 is 5.48. The standard InChI is InChI=1S/C29H39N5O3/c30-27-26(28(36)32-24-5-7-25(35)8-6-24)15-21(17-31-27)20-1-3-22(4-2-20)29-16-23(29)18-34(19-29)10-9-33-11-13-37-14-12-33/h1-4,15,17,23-25,35H,5-14,16,18-19H2,(H2,30,31)(H,32,36). The summed E-state index contributed by atoms with van der Waals surface area (Å²) in [5.74, 6) is 0.821. The number of aliphatic hydroxyl groups excluding tert-OH is 1. The van der Waals surface area contributed by atoms with Crippen LogP contribution in [0.25, 0.3) is 11.1 Å². The first kappa shape index (κ1) is 24.8. The number of likely N-dealkylation sites (tertiary alicyclic amines) is 1. The molecule has 1 amide bonds. The number of carbonyl (C=O) groups is 1. The van der Waals surface area contributed by atoms with Crippen molar-refractivity contribution in [2.45, 2.75) is 49.7 Å². The first-order chi connectivity index (χ1) is 18.0. The summed E-state index contributed by atoms with van der Waals surface area (Å²) in [6, 6.07) is 10.8. The molecule has 1 aromatic heterocycles. The van der Waals surface area contributed by atoms with Crippen LogP contribution in [0.2, 0.25) is 0 Å². The average Bonchev–Trinajstić information content (AvgIpc) is 3.50. The Morgan fingerprint density at radius 3 is 2.57 bits per heavy atom. The number of nitrogens with zero attached hydrogens (tertiary/aromatic N) is 3. The molecule has 8 nitrogen and oxygen atoms in total. The molecule has 4 N–H and O–H groups in total. The molecule has 2 saturated carbocycles. The van der Waals surface area contributed by atoms with Gasteiger partial charge in [0, 0.05) is 62.5 Å². The number of piperidine rings is 1. The molecule has 4 fully saturated rings. The number of amides is 1. The molecule has 0 spiro atoms. The Labute approximate surface area is 219 Å². The molecular formula is C29H39N5O3. The number of anilines is 1. The number of ether oxygens (including phenoxy) is 1. The molecule has 2 aliphatic heterocycles. The smallest absolute Gasteiger partial charge is 0.255 e. The second-order valence-electron chi connectivity index (χ2n) is 11.5. The molecule has 1 aromatic carbocycles. The Morgan fingerprint density at radius 1 is 1.08 bits per heavy atom. The van der Waals surface area contributed by atoms with Crippen LogP contribution < -0.4 is 11.1 Å². The molecule has 2 aliphatic carbocycles. The van der Waals surface area contributed by atoms with Crippen LogP contribution in [0.3, 0.4) is 0 Å². The fraction of sp³-hybridized carbons (Fsp3) is 0.586. The van der Waals surface area contributed by atoms with E-state index < -0.39 is 0 Å². The molecule has 198 valence electrons. The minimum atomic E-state index is -0.251. The van der Waals surface area contributed by atoms with Crippen molar-refractivity contribution in [3.63, 3.8) is 0 Å². The number of nitrogen functional groups attached to an aromatic ring is 1. The van der Waals surface area contributed by atoms with Gasteiger partial charge in [0.2, 0.25) is 0 Å². The lowest BCUT2D eigenvalue weighted by Gasteiger charge is -2.29. The van der Waals surface area contributed by atoms with Crippen LogP contribution in [-0.2, 0) is 10.2 Å². The highest BCUT2D eigenvalue weighted by molar-refractivity contribution is 5.99. The highest BCUT2D eigenvalue weighted by Gasteiger charge is 2.60. The highest BCUT2D eigenvalue weighted by Crippen LogP contribution is 2.59. The van der Waals surface area contributed by atoms with Crippen LogP contribution in [0.1, 0.15) is 48.0 Å². The van der Waals surface area contributed by atoms with E-state index in [9.17, 15) is 9.90 Å². The Bertz CT molecular complexity index is 1110. The first-order valence-corrected chi connectivity index (χ1v) is 13.9. The maximum absolute atomic E-state index is 13.0. The van der Waals surface area contributed by atoms with Crippen LogP contribution in [0.4, 0.5) is 5.82 Å². The molecule has 2 aromatic rings. The normalized spacial score (nSPS) is 30.1. The van der Waals surface area contributed by atoms with Gasteiger partial charge in [-0.05, 0) is 55.2 Å². The van der Waals surface area contributed by atoms with Crippen LogP contribution in [0, 0.1) is 5.92 Å². The summed E-state index contributed by atoms with van der Waals surface area (Å²) in [5.41, 5.74) is 10.2. The van der Waals surface area contributed by atoms with Crippen molar-refractivity contribution < 1.29 is 14.6 Å². The maximum Gasteiger partial charge on any atom is 0.255 e. The number of hydrogen-bond donors (Lipinski definition) is 3. The van der Waals surface area contributed by atoms with Gasteiger partial charge >= 0.3 is 0 Å². The van der Waals surface area contributed by atoms with Crippen LogP contribution in [0.15, 0.2) is 36.5 Å². The van der Waals surface area contributed by atoms with Crippen molar-refractivity contribution >= 4 is 11.7 Å². The van der Waals surface area contributed by atoms with Crippen molar-refractivity contribution in [2.75, 3.05) is 58.2 Å². The van der Waals surface area contributed by atoms with E-state index in [-0.39, 0.29) is 23.9 Å². The van der Waals surface area contributed by atoms with Crippen LogP contribution in [0.5, 0.6) is 0 Å². The van der Waals surface area contributed by atoms with Gasteiger partial charge in [-0.3, -0.25) is 9.69 Å². The summed E-state index contributed by atoms with van der Waals surface area (Å²) in [6.45, 7) is 8.45. The predicted octanol–water partition coefficient (Wildman–Crippen LogP) is 2.27. The number of rotatable bonds is 7. The van der Waals surface area contributed by atoms with Crippen molar-refractivity contribution in [3.05, 3.63) is 47.7 Å². The Hall–Kier alpha value is -2.52. The number of nitrogens with two attached hydrogens (primary N) is 1. The minimum Gasteiger partial charge on any atom is -0.393 e. The topological polar surface area (TPSA) is 104 Å². The fourth-order valence-corrected chi connectivity index (χ4v) is 6.60. The monoisotopic (exact) mass is 505 g/mol. The van der Waals surface area contributed by atoms with E-state index in [4.69, 9.17) is 10.5 Å². The summed E-state index contributed by atoms with van der Waals surface area (Å²) in [4.78, 5) is 22.4. The van der Waals surface area contributed by atoms with Crippen molar-refractivity contribution in [2.24, 2.45) is 5.92 Å². The molecule has 2 saturated heterocycles. The molecule has 2 unspecified atom stereocenters. The van der Waals surface area contributed by atoms with Gasteiger partial charge in [-0.25, -0.2) is 4.98 Å². The number of carbonyl (C=O) groups excluding carboxylic acids is 1. The SMILES string of the molecule is Nc1ncc(-c2ccc(C34CC3CN(CCN3CCOCC3)C4)cc2)cc1C(=O)NC1CCC(O)CC1.